The number of aliphatic hydroxyl groups excluding tert-OH is 1. The molecule has 2 rings (SSSR count). The summed E-state index contributed by atoms with van der Waals surface area (Å²) in [6, 6.07) is 7.87. The predicted octanol–water partition coefficient (Wildman–Crippen LogP) is 2.84. The first-order valence-electron chi connectivity index (χ1n) is 6.67. The van der Waals surface area contributed by atoms with Crippen molar-refractivity contribution >= 4 is 5.82 Å². The van der Waals surface area contributed by atoms with Crippen LogP contribution < -0.4 is 4.90 Å². The fourth-order valence-electron chi connectivity index (χ4n) is 1.96. The number of hydrogen-bond acceptors (Lipinski definition) is 3. The molecule has 0 spiro atoms. The fourth-order valence-corrected chi connectivity index (χ4v) is 1.96. The number of nitrogens with one attached hydrogen (secondary N) is 1. The van der Waals surface area contributed by atoms with Gasteiger partial charge in [0.05, 0.1) is 6.10 Å². The number of likely N-dealkylation sites (N-methyl/N-ethyl adjacent to an activating group) is 1. The van der Waals surface area contributed by atoms with Gasteiger partial charge < -0.3 is 10.0 Å². The molecule has 1 aromatic heterocycles. The summed E-state index contributed by atoms with van der Waals surface area (Å²) in [5, 5.41) is 17.4. The van der Waals surface area contributed by atoms with Gasteiger partial charge in [0.25, 0.3) is 0 Å². The molecule has 0 aliphatic heterocycles. The predicted molar refractivity (Wildman–Crippen MR) is 77.3 cm³/mol. The normalized spacial score (nSPS) is 12.7. The third-order valence-corrected chi connectivity index (χ3v) is 3.30. The summed E-state index contributed by atoms with van der Waals surface area (Å²) in [6.07, 6.45) is -0.681. The van der Waals surface area contributed by atoms with Crippen molar-refractivity contribution in [1.29, 1.82) is 0 Å². The van der Waals surface area contributed by atoms with Crippen molar-refractivity contribution in [3.63, 3.8) is 0 Å². The third kappa shape index (κ3) is 3.36. The maximum Gasteiger partial charge on any atom is 0.150 e. The smallest absolute Gasteiger partial charge is 0.150 e. The molecule has 4 nitrogen and oxygen atoms in total. The topological polar surface area (TPSA) is 52.1 Å². The number of rotatable bonds is 5. The molecule has 1 atom stereocenters. The quantitative estimate of drug-likeness (QED) is 0.883. The Morgan fingerprint density at radius 2 is 1.95 bits per heavy atom. The number of halogens is 1. The Kier molecular flexibility index (Phi) is 4.39. The van der Waals surface area contributed by atoms with Crippen LogP contribution in [0, 0.1) is 5.82 Å². The molecule has 0 unspecified atom stereocenters. The van der Waals surface area contributed by atoms with Gasteiger partial charge in [0.15, 0.2) is 0 Å². The fraction of sp³-hybridized carbons (Fsp3) is 0.400. The van der Waals surface area contributed by atoms with E-state index in [1.807, 2.05) is 18.0 Å². The number of anilines is 1. The Labute approximate surface area is 118 Å². The van der Waals surface area contributed by atoms with E-state index in [4.69, 9.17) is 0 Å². The maximum atomic E-state index is 12.8. The summed E-state index contributed by atoms with van der Waals surface area (Å²) >= 11 is 0. The average molecular weight is 277 g/mol. The molecule has 1 aromatic carbocycles. The molecule has 0 bridgehead atoms. The van der Waals surface area contributed by atoms with Crippen LogP contribution in [0.1, 0.15) is 37.1 Å². The summed E-state index contributed by atoms with van der Waals surface area (Å²) in [5.41, 5.74) is 1.75. The van der Waals surface area contributed by atoms with Crippen LogP contribution >= 0.6 is 0 Å². The zero-order valence-electron chi connectivity index (χ0n) is 12.0. The largest absolute Gasteiger partial charge is 0.387 e. The molecule has 0 aliphatic rings. The second-order valence-electron chi connectivity index (χ2n) is 5.28. The SMILES string of the molecule is CC(C)c1cc(N(C)C[C@H](O)c2ccc(F)cc2)n[nH]1. The van der Waals surface area contributed by atoms with E-state index in [0.717, 1.165) is 11.5 Å². The standard InChI is InChI=1S/C15H20FN3O/c1-10(2)13-8-15(18-17-13)19(3)9-14(20)11-4-6-12(16)7-5-11/h4-8,10,14,20H,9H2,1-3H3,(H,17,18)/t14-/m0/s1. The van der Waals surface area contributed by atoms with Crippen LogP contribution in [-0.2, 0) is 0 Å². The molecular weight excluding hydrogens is 257 g/mol. The van der Waals surface area contributed by atoms with Crippen molar-refractivity contribution in [3.8, 4) is 0 Å². The van der Waals surface area contributed by atoms with E-state index in [0.29, 0.717) is 18.0 Å². The van der Waals surface area contributed by atoms with Crippen molar-refractivity contribution < 1.29 is 9.50 Å². The molecule has 20 heavy (non-hydrogen) atoms. The number of aromatic nitrogens is 2. The minimum Gasteiger partial charge on any atom is -0.387 e. The number of benzene rings is 1. The Balaban J connectivity index is 2.02. The van der Waals surface area contributed by atoms with Gasteiger partial charge >= 0.3 is 0 Å². The Morgan fingerprint density at radius 3 is 2.50 bits per heavy atom. The van der Waals surface area contributed by atoms with Crippen molar-refractivity contribution in [2.24, 2.45) is 0 Å². The van der Waals surface area contributed by atoms with Crippen LogP contribution in [0.4, 0.5) is 10.2 Å². The number of aromatic amines is 1. The van der Waals surface area contributed by atoms with Gasteiger partial charge in [0.2, 0.25) is 0 Å². The molecule has 108 valence electrons. The molecule has 2 N–H and O–H groups in total. The monoisotopic (exact) mass is 277 g/mol. The van der Waals surface area contributed by atoms with Gasteiger partial charge in [-0.05, 0) is 23.6 Å². The lowest BCUT2D eigenvalue weighted by molar-refractivity contribution is 0.184. The number of hydrogen-bond donors (Lipinski definition) is 2. The van der Waals surface area contributed by atoms with Crippen molar-refractivity contribution in [1.82, 2.24) is 10.2 Å². The lowest BCUT2D eigenvalue weighted by Crippen LogP contribution is -2.24. The number of H-pyrrole nitrogens is 1. The highest BCUT2D eigenvalue weighted by atomic mass is 19.1. The third-order valence-electron chi connectivity index (χ3n) is 3.30. The Morgan fingerprint density at radius 1 is 1.30 bits per heavy atom. The summed E-state index contributed by atoms with van der Waals surface area (Å²) in [4.78, 5) is 1.87. The highest BCUT2D eigenvalue weighted by Crippen LogP contribution is 2.20. The van der Waals surface area contributed by atoms with E-state index >= 15 is 0 Å². The molecule has 0 radical (unpaired) electrons. The van der Waals surface area contributed by atoms with Crippen LogP contribution in [-0.4, -0.2) is 28.9 Å². The van der Waals surface area contributed by atoms with Gasteiger partial charge in [-0.25, -0.2) is 4.39 Å². The minimum absolute atomic E-state index is 0.303. The number of nitrogens with zero attached hydrogens (tertiary/aromatic N) is 2. The summed E-state index contributed by atoms with van der Waals surface area (Å²) in [5.74, 6) is 0.865. The van der Waals surface area contributed by atoms with Gasteiger partial charge in [0, 0.05) is 25.4 Å². The first kappa shape index (κ1) is 14.5. The van der Waals surface area contributed by atoms with E-state index in [1.165, 1.54) is 12.1 Å². The van der Waals surface area contributed by atoms with E-state index < -0.39 is 6.10 Å². The Hall–Kier alpha value is -1.88. The lowest BCUT2D eigenvalue weighted by atomic mass is 10.1. The van der Waals surface area contributed by atoms with Gasteiger partial charge in [-0.15, -0.1) is 0 Å². The number of aliphatic hydroxyl groups is 1. The highest BCUT2D eigenvalue weighted by molar-refractivity contribution is 5.39. The van der Waals surface area contributed by atoms with Crippen LogP contribution in [0.25, 0.3) is 0 Å². The van der Waals surface area contributed by atoms with Gasteiger partial charge in [-0.3, -0.25) is 5.10 Å². The minimum atomic E-state index is -0.681. The van der Waals surface area contributed by atoms with Crippen molar-refractivity contribution in [2.75, 3.05) is 18.5 Å². The molecule has 5 heteroatoms. The van der Waals surface area contributed by atoms with Gasteiger partial charge in [-0.2, -0.15) is 5.10 Å². The van der Waals surface area contributed by atoms with E-state index in [2.05, 4.69) is 24.0 Å². The van der Waals surface area contributed by atoms with Crippen LogP contribution in [0.3, 0.4) is 0 Å². The summed E-state index contributed by atoms with van der Waals surface area (Å²) in [6.45, 7) is 4.57. The van der Waals surface area contributed by atoms with E-state index in [1.54, 1.807) is 12.1 Å². The van der Waals surface area contributed by atoms with E-state index in [-0.39, 0.29) is 5.82 Å². The molecule has 0 aliphatic carbocycles. The first-order chi connectivity index (χ1) is 9.47. The Bertz CT molecular complexity index is 551. The molecule has 0 fully saturated rings. The first-order valence-corrected chi connectivity index (χ1v) is 6.67. The second-order valence-corrected chi connectivity index (χ2v) is 5.28. The molecule has 0 amide bonds. The van der Waals surface area contributed by atoms with Crippen LogP contribution in [0.5, 0.6) is 0 Å². The molecular formula is C15H20FN3O. The van der Waals surface area contributed by atoms with Crippen molar-refractivity contribution in [3.05, 3.63) is 47.4 Å². The molecule has 2 aromatic rings. The van der Waals surface area contributed by atoms with Crippen LogP contribution in [0.2, 0.25) is 0 Å². The molecule has 0 saturated carbocycles. The highest BCUT2D eigenvalue weighted by Gasteiger charge is 2.14. The lowest BCUT2D eigenvalue weighted by Gasteiger charge is -2.20. The van der Waals surface area contributed by atoms with Gasteiger partial charge in [-0.1, -0.05) is 26.0 Å². The van der Waals surface area contributed by atoms with E-state index in [9.17, 15) is 9.50 Å². The second kappa shape index (κ2) is 6.05. The summed E-state index contributed by atoms with van der Waals surface area (Å²) < 4.78 is 12.8. The maximum absolute atomic E-state index is 12.8. The molecule has 1 heterocycles. The van der Waals surface area contributed by atoms with Crippen LogP contribution in [0.15, 0.2) is 30.3 Å². The van der Waals surface area contributed by atoms with Crippen molar-refractivity contribution in [2.45, 2.75) is 25.9 Å². The zero-order valence-corrected chi connectivity index (χ0v) is 12.0. The molecule has 0 saturated heterocycles. The summed E-state index contributed by atoms with van der Waals surface area (Å²) in [7, 11) is 1.87. The zero-order chi connectivity index (χ0) is 14.7. The van der Waals surface area contributed by atoms with Gasteiger partial charge in [0.1, 0.15) is 11.6 Å². The average Bonchev–Trinajstić information content (AvgIpc) is 2.89.